The van der Waals surface area contributed by atoms with Crippen molar-refractivity contribution in [1.29, 1.82) is 0 Å². The van der Waals surface area contributed by atoms with E-state index in [9.17, 15) is 0 Å². The minimum atomic E-state index is 0.784. The van der Waals surface area contributed by atoms with Gasteiger partial charge in [-0.15, -0.1) is 0 Å². The quantitative estimate of drug-likeness (QED) is 0.599. The van der Waals surface area contributed by atoms with E-state index >= 15 is 0 Å². The highest BCUT2D eigenvalue weighted by Gasteiger charge is 2.04. The maximum Gasteiger partial charge on any atom is 0.126 e. The van der Waals surface area contributed by atoms with Gasteiger partial charge in [0.05, 0.1) is 6.61 Å². The summed E-state index contributed by atoms with van der Waals surface area (Å²) in [5.74, 6) is 2.08. The molecule has 0 radical (unpaired) electrons. The van der Waals surface area contributed by atoms with Crippen molar-refractivity contribution in [3.05, 3.63) is 29.3 Å². The van der Waals surface area contributed by atoms with Gasteiger partial charge < -0.3 is 4.74 Å². The lowest BCUT2D eigenvalue weighted by atomic mass is 10.1. The van der Waals surface area contributed by atoms with Crippen LogP contribution in [0.3, 0.4) is 0 Å². The fourth-order valence-electron chi connectivity index (χ4n) is 1.25. The lowest BCUT2D eigenvalue weighted by Crippen LogP contribution is -2.03. The molecule has 0 spiro atoms. The second-order valence-electron chi connectivity index (χ2n) is 3.04. The molecule has 0 amide bonds. The van der Waals surface area contributed by atoms with Crippen LogP contribution < -0.4 is 4.74 Å². The molecule has 0 aliphatic rings. The van der Waals surface area contributed by atoms with Crippen molar-refractivity contribution >= 4 is 27.7 Å². The summed E-state index contributed by atoms with van der Waals surface area (Å²) in [6, 6.07) is 6.24. The molecule has 0 aliphatic heterocycles. The van der Waals surface area contributed by atoms with Crippen LogP contribution in [0.5, 0.6) is 5.75 Å². The second-order valence-corrected chi connectivity index (χ2v) is 4.58. The highest BCUT2D eigenvalue weighted by atomic mass is 79.9. The monoisotopic (exact) mass is 274 g/mol. The van der Waals surface area contributed by atoms with Crippen LogP contribution in [-0.4, -0.2) is 18.6 Å². The van der Waals surface area contributed by atoms with Gasteiger partial charge in [0.15, 0.2) is 0 Å². The number of hydrogen-bond donors (Lipinski definition) is 0. The molecular weight excluding hydrogens is 260 g/mol. The number of aryl methyl sites for hydroxylation is 1. The van der Waals surface area contributed by atoms with Crippen molar-refractivity contribution < 1.29 is 4.74 Å². The Morgan fingerprint density at radius 1 is 1.43 bits per heavy atom. The molecule has 78 valence electrons. The number of benzene rings is 1. The van der Waals surface area contributed by atoms with E-state index < -0.39 is 0 Å². The second kappa shape index (κ2) is 6.36. The first-order valence-corrected chi connectivity index (χ1v) is 7.07. The van der Waals surface area contributed by atoms with E-state index in [0.29, 0.717) is 0 Å². The van der Waals surface area contributed by atoms with Crippen molar-refractivity contribution in [2.45, 2.75) is 12.3 Å². The molecule has 1 nitrogen and oxygen atoms in total. The van der Waals surface area contributed by atoms with Gasteiger partial charge in [0.2, 0.25) is 0 Å². The van der Waals surface area contributed by atoms with E-state index in [1.165, 1.54) is 11.1 Å². The zero-order valence-electron chi connectivity index (χ0n) is 8.55. The number of halogens is 1. The van der Waals surface area contributed by atoms with Gasteiger partial charge in [-0.1, -0.05) is 34.1 Å². The molecule has 1 aromatic rings. The zero-order valence-corrected chi connectivity index (χ0v) is 11.0. The van der Waals surface area contributed by atoms with Crippen molar-refractivity contribution in [3.63, 3.8) is 0 Å². The summed E-state index contributed by atoms with van der Waals surface area (Å²) in [5.41, 5.74) is 2.44. The van der Waals surface area contributed by atoms with Crippen LogP contribution in [0.2, 0.25) is 0 Å². The molecule has 0 aliphatic carbocycles. The zero-order chi connectivity index (χ0) is 10.4. The minimum Gasteiger partial charge on any atom is -0.492 e. The van der Waals surface area contributed by atoms with E-state index in [2.05, 4.69) is 47.3 Å². The Morgan fingerprint density at radius 2 is 2.21 bits per heavy atom. The van der Waals surface area contributed by atoms with E-state index in [-0.39, 0.29) is 0 Å². The summed E-state index contributed by atoms with van der Waals surface area (Å²) in [7, 11) is 0. The smallest absolute Gasteiger partial charge is 0.126 e. The normalized spacial score (nSPS) is 10.2. The van der Waals surface area contributed by atoms with Crippen LogP contribution in [-0.2, 0) is 5.33 Å². The van der Waals surface area contributed by atoms with Gasteiger partial charge in [0.25, 0.3) is 0 Å². The van der Waals surface area contributed by atoms with Gasteiger partial charge in [-0.25, -0.2) is 0 Å². The SMILES string of the molecule is CSCCOc1c(C)cccc1CBr. The molecule has 0 aromatic heterocycles. The summed E-state index contributed by atoms with van der Waals surface area (Å²) in [4.78, 5) is 0. The number of thioether (sulfide) groups is 1. The number of ether oxygens (including phenoxy) is 1. The molecule has 3 heteroatoms. The third-order valence-electron chi connectivity index (χ3n) is 1.97. The van der Waals surface area contributed by atoms with Crippen LogP contribution in [0.15, 0.2) is 18.2 Å². The Balaban J connectivity index is 2.72. The minimum absolute atomic E-state index is 0.784. The molecule has 1 rings (SSSR count). The maximum atomic E-state index is 5.75. The Kier molecular flexibility index (Phi) is 5.41. The largest absolute Gasteiger partial charge is 0.492 e. The molecule has 0 saturated carbocycles. The number of rotatable bonds is 5. The van der Waals surface area contributed by atoms with Crippen LogP contribution in [0.4, 0.5) is 0 Å². The predicted octanol–water partition coefficient (Wildman–Crippen LogP) is 3.63. The maximum absolute atomic E-state index is 5.75. The summed E-state index contributed by atoms with van der Waals surface area (Å²) >= 11 is 5.27. The standard InChI is InChI=1S/C11H15BrOS/c1-9-4-3-5-10(8-12)11(9)13-6-7-14-2/h3-5H,6-8H2,1-2H3. The van der Waals surface area contributed by atoms with Crippen LogP contribution in [0.25, 0.3) is 0 Å². The van der Waals surface area contributed by atoms with Crippen molar-refractivity contribution in [2.75, 3.05) is 18.6 Å². The molecule has 1 aromatic carbocycles. The van der Waals surface area contributed by atoms with Gasteiger partial charge in [0, 0.05) is 16.6 Å². The number of hydrogen-bond acceptors (Lipinski definition) is 2. The van der Waals surface area contributed by atoms with Gasteiger partial charge in [0.1, 0.15) is 5.75 Å². The Labute approximate surface area is 98.4 Å². The van der Waals surface area contributed by atoms with Crippen molar-refractivity contribution in [3.8, 4) is 5.75 Å². The van der Waals surface area contributed by atoms with E-state index in [0.717, 1.165) is 23.4 Å². The van der Waals surface area contributed by atoms with Gasteiger partial charge in [-0.3, -0.25) is 0 Å². The average molecular weight is 275 g/mol. The lowest BCUT2D eigenvalue weighted by molar-refractivity contribution is 0.339. The van der Waals surface area contributed by atoms with Gasteiger partial charge >= 0.3 is 0 Å². The molecule has 0 heterocycles. The molecule has 14 heavy (non-hydrogen) atoms. The average Bonchev–Trinajstić information content (AvgIpc) is 2.20. The van der Waals surface area contributed by atoms with E-state index in [4.69, 9.17) is 4.74 Å². The highest BCUT2D eigenvalue weighted by molar-refractivity contribution is 9.08. The molecule has 0 unspecified atom stereocenters. The lowest BCUT2D eigenvalue weighted by Gasteiger charge is -2.12. The topological polar surface area (TPSA) is 9.23 Å². The fourth-order valence-corrected chi connectivity index (χ4v) is 1.94. The molecule has 0 atom stereocenters. The molecule has 0 saturated heterocycles. The first-order chi connectivity index (χ1) is 6.79. The first-order valence-electron chi connectivity index (χ1n) is 4.55. The molecule has 0 bridgehead atoms. The molecular formula is C11H15BrOS. The van der Waals surface area contributed by atoms with Crippen LogP contribution >= 0.6 is 27.7 Å². The summed E-state index contributed by atoms with van der Waals surface area (Å²) < 4.78 is 5.75. The Hall–Kier alpha value is -0.150. The Bertz CT molecular complexity index is 289. The molecule has 0 fully saturated rings. The highest BCUT2D eigenvalue weighted by Crippen LogP contribution is 2.25. The summed E-state index contributed by atoms with van der Waals surface area (Å²) in [6.07, 6.45) is 2.09. The Morgan fingerprint density at radius 3 is 2.86 bits per heavy atom. The number of alkyl halides is 1. The van der Waals surface area contributed by atoms with E-state index in [1.54, 1.807) is 11.8 Å². The third kappa shape index (κ3) is 3.21. The van der Waals surface area contributed by atoms with Crippen LogP contribution in [0, 0.1) is 6.92 Å². The molecule has 0 N–H and O–H groups in total. The first kappa shape index (κ1) is 11.9. The van der Waals surface area contributed by atoms with Crippen LogP contribution in [0.1, 0.15) is 11.1 Å². The predicted molar refractivity (Wildman–Crippen MR) is 67.7 cm³/mol. The summed E-state index contributed by atoms with van der Waals surface area (Å²) in [6.45, 7) is 2.87. The third-order valence-corrected chi connectivity index (χ3v) is 3.15. The van der Waals surface area contributed by atoms with E-state index in [1.807, 2.05) is 0 Å². The van der Waals surface area contributed by atoms with Crippen molar-refractivity contribution in [2.24, 2.45) is 0 Å². The van der Waals surface area contributed by atoms with Gasteiger partial charge in [-0.2, -0.15) is 11.8 Å². The van der Waals surface area contributed by atoms with Gasteiger partial charge in [-0.05, 0) is 18.7 Å². The number of para-hydroxylation sites is 1. The summed E-state index contributed by atoms with van der Waals surface area (Å²) in [5, 5.41) is 0.850. The van der Waals surface area contributed by atoms with Crippen molar-refractivity contribution in [1.82, 2.24) is 0 Å². The fraction of sp³-hybridized carbons (Fsp3) is 0.455.